The minimum absolute atomic E-state index is 0.255. The van der Waals surface area contributed by atoms with Crippen LogP contribution in [0.15, 0.2) is 18.5 Å². The molecule has 0 amide bonds. The van der Waals surface area contributed by atoms with E-state index in [9.17, 15) is 4.39 Å². The molecule has 0 radical (unpaired) electrons. The number of aromatic nitrogens is 1. The van der Waals surface area contributed by atoms with Gasteiger partial charge in [0.15, 0.2) is 0 Å². The Kier molecular flexibility index (Phi) is 4.66. The second-order valence-electron chi connectivity index (χ2n) is 5.14. The molecule has 1 fully saturated rings. The Morgan fingerprint density at radius 3 is 2.67 bits per heavy atom. The van der Waals surface area contributed by atoms with E-state index >= 15 is 0 Å². The van der Waals surface area contributed by atoms with Crippen molar-refractivity contribution >= 4 is 0 Å². The van der Waals surface area contributed by atoms with Gasteiger partial charge in [0.05, 0.1) is 6.20 Å². The predicted octanol–water partition coefficient (Wildman–Crippen LogP) is 2.31. The van der Waals surface area contributed by atoms with Crippen molar-refractivity contribution in [2.24, 2.45) is 5.73 Å². The fourth-order valence-electron chi connectivity index (χ4n) is 2.74. The lowest BCUT2D eigenvalue weighted by Gasteiger charge is -2.35. The van der Waals surface area contributed by atoms with Gasteiger partial charge in [-0.2, -0.15) is 0 Å². The number of hydrogen-bond acceptors (Lipinski definition) is 3. The van der Waals surface area contributed by atoms with Crippen molar-refractivity contribution < 1.29 is 4.39 Å². The molecule has 3 nitrogen and oxygen atoms in total. The first-order valence-corrected chi connectivity index (χ1v) is 6.78. The maximum absolute atomic E-state index is 13.1. The first-order valence-electron chi connectivity index (χ1n) is 6.78. The number of hydrogen-bond donors (Lipinski definition) is 1. The predicted molar refractivity (Wildman–Crippen MR) is 70.5 cm³/mol. The van der Waals surface area contributed by atoms with Gasteiger partial charge in [-0.05, 0) is 43.9 Å². The van der Waals surface area contributed by atoms with E-state index in [4.69, 9.17) is 5.73 Å². The zero-order chi connectivity index (χ0) is 13.0. The lowest BCUT2D eigenvalue weighted by molar-refractivity contribution is 0.149. The second kappa shape index (κ2) is 6.25. The van der Waals surface area contributed by atoms with E-state index in [-0.39, 0.29) is 5.82 Å². The van der Waals surface area contributed by atoms with Crippen LogP contribution in [-0.4, -0.2) is 28.5 Å². The topological polar surface area (TPSA) is 42.2 Å². The summed E-state index contributed by atoms with van der Waals surface area (Å²) in [6.45, 7) is 3.92. The van der Waals surface area contributed by atoms with Crippen molar-refractivity contribution in [2.45, 2.75) is 51.2 Å². The van der Waals surface area contributed by atoms with Crippen molar-refractivity contribution in [2.75, 3.05) is 6.54 Å². The molecular weight excluding hydrogens is 229 g/mol. The molecule has 0 spiro atoms. The fourth-order valence-corrected chi connectivity index (χ4v) is 2.74. The highest BCUT2D eigenvalue weighted by Crippen LogP contribution is 2.23. The van der Waals surface area contributed by atoms with Gasteiger partial charge < -0.3 is 5.73 Å². The molecule has 0 bridgehead atoms. The van der Waals surface area contributed by atoms with Gasteiger partial charge in [-0.15, -0.1) is 0 Å². The van der Waals surface area contributed by atoms with E-state index < -0.39 is 0 Å². The maximum Gasteiger partial charge on any atom is 0.141 e. The first kappa shape index (κ1) is 13.4. The molecule has 1 saturated carbocycles. The van der Waals surface area contributed by atoms with Gasteiger partial charge >= 0.3 is 0 Å². The number of rotatable bonds is 4. The van der Waals surface area contributed by atoms with Crippen LogP contribution in [-0.2, 0) is 6.54 Å². The lowest BCUT2D eigenvalue weighted by Crippen LogP contribution is -2.40. The van der Waals surface area contributed by atoms with E-state index in [1.165, 1.54) is 6.20 Å². The summed E-state index contributed by atoms with van der Waals surface area (Å²) >= 11 is 0. The van der Waals surface area contributed by atoms with E-state index in [0.29, 0.717) is 12.1 Å². The molecule has 2 rings (SSSR count). The molecule has 18 heavy (non-hydrogen) atoms. The molecule has 1 aromatic heterocycles. The zero-order valence-electron chi connectivity index (χ0n) is 11.0. The summed E-state index contributed by atoms with van der Waals surface area (Å²) in [6.07, 6.45) is 7.50. The van der Waals surface area contributed by atoms with Crippen molar-refractivity contribution in [3.05, 3.63) is 29.8 Å². The third-order valence-corrected chi connectivity index (χ3v) is 3.81. The normalized spacial score (nSPS) is 24.4. The van der Waals surface area contributed by atoms with Gasteiger partial charge in [0.2, 0.25) is 0 Å². The Morgan fingerprint density at radius 1 is 1.33 bits per heavy atom. The summed E-state index contributed by atoms with van der Waals surface area (Å²) < 4.78 is 13.1. The average Bonchev–Trinajstić information content (AvgIpc) is 2.37. The van der Waals surface area contributed by atoms with Gasteiger partial charge in [-0.25, -0.2) is 4.39 Å². The molecule has 1 aromatic rings. The van der Waals surface area contributed by atoms with Crippen LogP contribution < -0.4 is 5.73 Å². The molecule has 100 valence electrons. The lowest BCUT2D eigenvalue weighted by atomic mass is 9.90. The average molecular weight is 251 g/mol. The van der Waals surface area contributed by atoms with Crippen LogP contribution in [0.2, 0.25) is 0 Å². The molecule has 1 aliphatic carbocycles. The molecule has 4 heteroatoms. The first-order chi connectivity index (χ1) is 8.69. The summed E-state index contributed by atoms with van der Waals surface area (Å²) in [5, 5.41) is 0. The summed E-state index contributed by atoms with van der Waals surface area (Å²) in [5.74, 6) is -0.255. The summed E-state index contributed by atoms with van der Waals surface area (Å²) in [7, 11) is 0. The number of pyridine rings is 1. The van der Waals surface area contributed by atoms with Gasteiger partial charge in [0.1, 0.15) is 5.82 Å². The summed E-state index contributed by atoms with van der Waals surface area (Å²) in [6, 6.07) is 2.53. The quantitative estimate of drug-likeness (QED) is 0.893. The van der Waals surface area contributed by atoms with Crippen molar-refractivity contribution in [3.63, 3.8) is 0 Å². The molecule has 0 aromatic carbocycles. The van der Waals surface area contributed by atoms with Crippen LogP contribution in [0, 0.1) is 5.82 Å². The highest BCUT2D eigenvalue weighted by molar-refractivity contribution is 5.10. The summed E-state index contributed by atoms with van der Waals surface area (Å²) in [4.78, 5) is 6.31. The van der Waals surface area contributed by atoms with Gasteiger partial charge in [0.25, 0.3) is 0 Å². The highest BCUT2D eigenvalue weighted by atomic mass is 19.1. The molecule has 0 saturated heterocycles. The smallest absolute Gasteiger partial charge is 0.141 e. The molecule has 1 heterocycles. The van der Waals surface area contributed by atoms with Crippen LogP contribution in [0.4, 0.5) is 4.39 Å². The number of nitrogens with two attached hydrogens (primary N) is 1. The van der Waals surface area contributed by atoms with E-state index in [0.717, 1.165) is 44.3 Å². The van der Waals surface area contributed by atoms with Crippen molar-refractivity contribution in [1.29, 1.82) is 0 Å². The van der Waals surface area contributed by atoms with Gasteiger partial charge in [-0.3, -0.25) is 9.88 Å². The van der Waals surface area contributed by atoms with E-state index in [1.807, 2.05) is 0 Å². The molecule has 2 N–H and O–H groups in total. The van der Waals surface area contributed by atoms with Crippen LogP contribution >= 0.6 is 0 Å². The second-order valence-corrected chi connectivity index (χ2v) is 5.14. The molecule has 1 aliphatic rings. The van der Waals surface area contributed by atoms with Gasteiger partial charge in [0, 0.05) is 24.8 Å². The van der Waals surface area contributed by atoms with E-state index in [1.54, 1.807) is 12.3 Å². The molecule has 0 aliphatic heterocycles. The Bertz CT molecular complexity index is 375. The van der Waals surface area contributed by atoms with Crippen LogP contribution in [0.25, 0.3) is 0 Å². The largest absolute Gasteiger partial charge is 0.328 e. The van der Waals surface area contributed by atoms with E-state index in [2.05, 4.69) is 16.8 Å². The van der Waals surface area contributed by atoms with Crippen LogP contribution in [0.5, 0.6) is 0 Å². The Hall–Kier alpha value is -1.00. The Labute approximate surface area is 108 Å². The zero-order valence-corrected chi connectivity index (χ0v) is 11.0. The van der Waals surface area contributed by atoms with Crippen LogP contribution in [0.1, 0.15) is 38.2 Å². The van der Waals surface area contributed by atoms with Crippen molar-refractivity contribution in [1.82, 2.24) is 9.88 Å². The van der Waals surface area contributed by atoms with Gasteiger partial charge in [-0.1, -0.05) is 6.92 Å². The number of halogens is 1. The number of nitrogens with zero attached hydrogens (tertiary/aromatic N) is 2. The third kappa shape index (κ3) is 3.50. The molecule has 0 atom stereocenters. The fraction of sp³-hybridized carbons (Fsp3) is 0.643. The monoisotopic (exact) mass is 251 g/mol. The van der Waals surface area contributed by atoms with Crippen LogP contribution in [0.3, 0.4) is 0 Å². The highest BCUT2D eigenvalue weighted by Gasteiger charge is 2.23. The Morgan fingerprint density at radius 2 is 2.06 bits per heavy atom. The van der Waals surface area contributed by atoms with Crippen molar-refractivity contribution in [3.8, 4) is 0 Å². The Balaban J connectivity index is 1.96. The summed E-state index contributed by atoms with van der Waals surface area (Å²) in [5.41, 5.74) is 6.88. The molecule has 0 unspecified atom stereocenters. The minimum atomic E-state index is -0.255. The minimum Gasteiger partial charge on any atom is -0.328 e. The third-order valence-electron chi connectivity index (χ3n) is 3.81. The molecular formula is C14H22FN3. The maximum atomic E-state index is 13.1. The standard InChI is InChI=1S/C14H22FN3/c1-2-18(14-5-3-13(16)4-6-14)10-11-7-12(15)9-17-8-11/h7-9,13-14H,2-6,10,16H2,1H3. The SMILES string of the molecule is CCN(Cc1cncc(F)c1)C1CCC(N)CC1.